The Morgan fingerprint density at radius 3 is 2.62 bits per heavy atom. The summed E-state index contributed by atoms with van der Waals surface area (Å²) < 4.78 is 17.2. The van der Waals surface area contributed by atoms with Crippen LogP contribution < -0.4 is 15.1 Å². The number of methoxy groups -OCH3 is 1. The van der Waals surface area contributed by atoms with E-state index in [1.807, 2.05) is 67.6 Å². The highest BCUT2D eigenvalue weighted by molar-refractivity contribution is 5.86. The van der Waals surface area contributed by atoms with Crippen molar-refractivity contribution >= 4 is 11.0 Å². The van der Waals surface area contributed by atoms with Gasteiger partial charge in [-0.2, -0.15) is 0 Å². The molecule has 0 atom stereocenters. The molecular weight excluding hydrogens is 402 g/mol. The van der Waals surface area contributed by atoms with Crippen LogP contribution in [0.2, 0.25) is 0 Å². The highest BCUT2D eigenvalue weighted by atomic mass is 16.5. The number of hydrogen-bond acceptors (Lipinski definition) is 5. The predicted molar refractivity (Wildman–Crippen MR) is 124 cm³/mol. The monoisotopic (exact) mass is 427 g/mol. The van der Waals surface area contributed by atoms with Crippen LogP contribution in [0.25, 0.3) is 11.0 Å². The Morgan fingerprint density at radius 1 is 1.00 bits per heavy atom. The molecule has 1 aromatic heterocycles. The Balaban J connectivity index is 1.49. The number of benzene rings is 3. The number of rotatable bonds is 5. The van der Waals surface area contributed by atoms with E-state index in [4.69, 9.17) is 13.9 Å². The lowest BCUT2D eigenvalue weighted by Crippen LogP contribution is -2.31. The van der Waals surface area contributed by atoms with Crippen molar-refractivity contribution in [2.45, 2.75) is 26.4 Å². The minimum atomic E-state index is -0.280. The average molecular weight is 428 g/mol. The van der Waals surface area contributed by atoms with Crippen LogP contribution >= 0.6 is 0 Å². The summed E-state index contributed by atoms with van der Waals surface area (Å²) in [4.78, 5) is 15.1. The molecule has 32 heavy (non-hydrogen) atoms. The van der Waals surface area contributed by atoms with E-state index < -0.39 is 0 Å². The summed E-state index contributed by atoms with van der Waals surface area (Å²) in [7, 11) is 1.67. The van der Waals surface area contributed by atoms with Crippen LogP contribution in [0.15, 0.2) is 75.9 Å². The van der Waals surface area contributed by atoms with Gasteiger partial charge in [0.05, 0.1) is 12.7 Å². The fraction of sp³-hybridized carbons (Fsp3) is 0.222. The molecule has 1 aliphatic rings. The molecule has 2 heterocycles. The molecule has 5 rings (SSSR count). The van der Waals surface area contributed by atoms with Crippen molar-refractivity contribution in [2.75, 3.05) is 13.8 Å². The molecule has 0 saturated heterocycles. The van der Waals surface area contributed by atoms with E-state index in [-0.39, 0.29) is 5.63 Å². The van der Waals surface area contributed by atoms with Gasteiger partial charge in [-0.3, -0.25) is 4.90 Å². The highest BCUT2D eigenvalue weighted by Gasteiger charge is 2.23. The van der Waals surface area contributed by atoms with Crippen LogP contribution in [0.4, 0.5) is 0 Å². The summed E-state index contributed by atoms with van der Waals surface area (Å²) in [5.41, 5.74) is 5.16. The van der Waals surface area contributed by atoms with E-state index >= 15 is 0 Å². The largest absolute Gasteiger partial charge is 0.497 e. The van der Waals surface area contributed by atoms with Gasteiger partial charge < -0.3 is 13.9 Å². The van der Waals surface area contributed by atoms with E-state index in [0.29, 0.717) is 37.4 Å². The van der Waals surface area contributed by atoms with Crippen molar-refractivity contribution in [1.82, 2.24) is 4.90 Å². The van der Waals surface area contributed by atoms with Gasteiger partial charge >= 0.3 is 5.63 Å². The molecule has 4 aromatic rings. The maximum atomic E-state index is 13.0. The Hall–Kier alpha value is -3.57. The van der Waals surface area contributed by atoms with Gasteiger partial charge in [-0.1, -0.05) is 42.5 Å². The minimum Gasteiger partial charge on any atom is -0.497 e. The van der Waals surface area contributed by atoms with E-state index in [0.717, 1.165) is 39.1 Å². The second kappa shape index (κ2) is 8.52. The van der Waals surface area contributed by atoms with Gasteiger partial charge in [0, 0.05) is 30.5 Å². The Morgan fingerprint density at radius 2 is 1.81 bits per heavy atom. The first kappa shape index (κ1) is 20.3. The first-order valence-corrected chi connectivity index (χ1v) is 10.7. The second-order valence-electron chi connectivity index (χ2n) is 8.19. The van der Waals surface area contributed by atoms with Crippen LogP contribution in [0.1, 0.15) is 27.8 Å². The molecule has 0 spiro atoms. The van der Waals surface area contributed by atoms with Gasteiger partial charge in [0.15, 0.2) is 0 Å². The van der Waals surface area contributed by atoms with Gasteiger partial charge in [0.25, 0.3) is 0 Å². The van der Waals surface area contributed by atoms with Crippen LogP contribution in [0.5, 0.6) is 11.5 Å². The Kier molecular flexibility index (Phi) is 5.41. The predicted octanol–water partition coefficient (Wildman–Crippen LogP) is 5.05. The summed E-state index contributed by atoms with van der Waals surface area (Å²) >= 11 is 0. The molecule has 3 aromatic carbocycles. The van der Waals surface area contributed by atoms with Crippen LogP contribution in [0, 0.1) is 6.92 Å². The van der Waals surface area contributed by atoms with E-state index in [9.17, 15) is 4.79 Å². The molecule has 0 saturated carbocycles. The fourth-order valence-corrected chi connectivity index (χ4v) is 4.34. The summed E-state index contributed by atoms with van der Waals surface area (Å²) in [5.74, 6) is 1.61. The molecule has 0 aliphatic carbocycles. The molecule has 0 unspecified atom stereocenters. The number of ether oxygens (including phenoxy) is 2. The molecular formula is C27H25NO4. The van der Waals surface area contributed by atoms with Crippen LogP contribution in [-0.2, 0) is 19.5 Å². The SMILES string of the molecule is COc1cccc(CN2COc3ccc4c(C)c(Cc5ccccc5)c(=O)oc4c3C2)c1. The van der Waals surface area contributed by atoms with Crippen molar-refractivity contribution in [2.24, 2.45) is 0 Å². The maximum absolute atomic E-state index is 13.0. The van der Waals surface area contributed by atoms with Gasteiger partial charge in [-0.25, -0.2) is 4.79 Å². The normalized spacial score (nSPS) is 13.6. The number of nitrogens with zero attached hydrogens (tertiary/aromatic N) is 1. The lowest BCUT2D eigenvalue weighted by molar-refractivity contribution is 0.0889. The molecule has 0 N–H and O–H groups in total. The van der Waals surface area contributed by atoms with Crippen molar-refractivity contribution in [1.29, 1.82) is 0 Å². The summed E-state index contributed by atoms with van der Waals surface area (Å²) in [5, 5.41) is 0.959. The first-order valence-electron chi connectivity index (χ1n) is 10.7. The third-order valence-corrected chi connectivity index (χ3v) is 6.06. The molecule has 0 fully saturated rings. The number of aryl methyl sites for hydroxylation is 1. The summed E-state index contributed by atoms with van der Waals surface area (Å²) in [6.07, 6.45) is 0.556. The summed E-state index contributed by atoms with van der Waals surface area (Å²) in [6.45, 7) is 3.83. The third-order valence-electron chi connectivity index (χ3n) is 6.06. The molecule has 5 nitrogen and oxygen atoms in total. The van der Waals surface area contributed by atoms with Crippen molar-refractivity contribution in [3.8, 4) is 11.5 Å². The van der Waals surface area contributed by atoms with Crippen LogP contribution in [-0.4, -0.2) is 18.7 Å². The quantitative estimate of drug-likeness (QED) is 0.417. The van der Waals surface area contributed by atoms with Gasteiger partial charge in [0.1, 0.15) is 23.8 Å². The van der Waals surface area contributed by atoms with Crippen LogP contribution in [0.3, 0.4) is 0 Å². The molecule has 1 aliphatic heterocycles. The second-order valence-corrected chi connectivity index (χ2v) is 8.19. The van der Waals surface area contributed by atoms with Gasteiger partial charge in [-0.15, -0.1) is 0 Å². The molecule has 0 radical (unpaired) electrons. The third kappa shape index (κ3) is 3.87. The zero-order valence-corrected chi connectivity index (χ0v) is 18.3. The standard InChI is InChI=1S/C27H25NO4/c1-18-22-11-12-25-24(16-28(17-31-25)15-20-9-6-10-21(13-20)30-2)26(22)32-27(29)23(18)14-19-7-4-3-5-8-19/h3-13H,14-17H2,1-2H3. The molecule has 162 valence electrons. The average Bonchev–Trinajstić information content (AvgIpc) is 2.82. The summed E-state index contributed by atoms with van der Waals surface area (Å²) in [6, 6.07) is 22.0. The Bertz CT molecular complexity index is 1330. The minimum absolute atomic E-state index is 0.280. The van der Waals surface area contributed by atoms with E-state index in [2.05, 4.69) is 11.0 Å². The molecule has 0 amide bonds. The number of fused-ring (bicyclic) bond motifs is 3. The van der Waals surface area contributed by atoms with Crippen molar-refractivity contribution < 1.29 is 13.9 Å². The zero-order valence-electron chi connectivity index (χ0n) is 18.3. The Labute approximate surface area is 186 Å². The number of hydrogen-bond donors (Lipinski definition) is 0. The maximum Gasteiger partial charge on any atom is 0.340 e. The van der Waals surface area contributed by atoms with Crippen molar-refractivity contribution in [3.63, 3.8) is 0 Å². The van der Waals surface area contributed by atoms with E-state index in [1.54, 1.807) is 7.11 Å². The highest BCUT2D eigenvalue weighted by Crippen LogP contribution is 2.34. The smallest absolute Gasteiger partial charge is 0.340 e. The first-order chi connectivity index (χ1) is 15.6. The molecule has 5 heteroatoms. The van der Waals surface area contributed by atoms with Crippen molar-refractivity contribution in [3.05, 3.63) is 105 Å². The van der Waals surface area contributed by atoms with Gasteiger partial charge in [-0.05, 0) is 47.9 Å². The lowest BCUT2D eigenvalue weighted by Gasteiger charge is -2.29. The molecule has 0 bridgehead atoms. The fourth-order valence-electron chi connectivity index (χ4n) is 4.34. The zero-order chi connectivity index (χ0) is 22.1. The van der Waals surface area contributed by atoms with Gasteiger partial charge in [0.2, 0.25) is 0 Å². The topological polar surface area (TPSA) is 51.9 Å². The lowest BCUT2D eigenvalue weighted by atomic mass is 9.97. The van der Waals surface area contributed by atoms with E-state index in [1.165, 1.54) is 0 Å².